The second-order valence-corrected chi connectivity index (χ2v) is 3.88. The Balaban J connectivity index is 0. The average molecular weight is 200 g/mol. The van der Waals surface area contributed by atoms with Gasteiger partial charge >= 0.3 is 0 Å². The molecule has 0 aromatic carbocycles. The summed E-state index contributed by atoms with van der Waals surface area (Å²) in [5.74, 6) is 0.255. The van der Waals surface area contributed by atoms with Crippen molar-refractivity contribution in [3.8, 4) is 0 Å². The Labute approximate surface area is 90.3 Å². The largest absolute Gasteiger partial charge is 0.300 e. The Kier molecular flexibility index (Phi) is 17.4. The van der Waals surface area contributed by atoms with Crippen molar-refractivity contribution >= 4 is 5.78 Å². The summed E-state index contributed by atoms with van der Waals surface area (Å²) in [6.07, 6.45) is 10.9. The van der Waals surface area contributed by atoms with Gasteiger partial charge in [-0.25, -0.2) is 0 Å². The Morgan fingerprint density at radius 2 is 1.00 bits per heavy atom. The van der Waals surface area contributed by atoms with Crippen molar-refractivity contribution < 1.29 is 4.79 Å². The summed E-state index contributed by atoms with van der Waals surface area (Å²) in [6, 6.07) is 0. The van der Waals surface area contributed by atoms with Crippen LogP contribution in [0.3, 0.4) is 0 Å². The zero-order valence-corrected chi connectivity index (χ0v) is 10.6. The van der Waals surface area contributed by atoms with E-state index in [1.165, 1.54) is 44.9 Å². The van der Waals surface area contributed by atoms with Crippen molar-refractivity contribution in [1.82, 2.24) is 0 Å². The van der Waals surface area contributed by atoms with Crippen LogP contribution < -0.4 is 0 Å². The smallest absolute Gasteiger partial charge is 0.129 e. The fraction of sp³-hybridized carbons (Fsp3) is 0.923. The third kappa shape index (κ3) is 22.6. The highest BCUT2D eigenvalue weighted by Gasteiger charge is 1.95. The average Bonchev–Trinajstić information content (AvgIpc) is 2.22. The lowest BCUT2D eigenvalue weighted by molar-refractivity contribution is -0.116. The van der Waals surface area contributed by atoms with Gasteiger partial charge in [0.15, 0.2) is 0 Å². The summed E-state index contributed by atoms with van der Waals surface area (Å²) in [4.78, 5) is 9.81. The van der Waals surface area contributed by atoms with Gasteiger partial charge in [-0.3, -0.25) is 0 Å². The summed E-state index contributed by atoms with van der Waals surface area (Å²) in [6.45, 7) is 7.68. The van der Waals surface area contributed by atoms with Crippen LogP contribution in [0.25, 0.3) is 0 Å². The molecule has 0 bridgehead atoms. The van der Waals surface area contributed by atoms with E-state index in [4.69, 9.17) is 0 Å². The molecule has 86 valence electrons. The molecule has 0 aromatic rings. The molecule has 1 aliphatic carbocycles. The molecule has 1 rings (SSSR count). The summed E-state index contributed by atoms with van der Waals surface area (Å²) in [7, 11) is 0. The highest BCUT2D eigenvalue weighted by Crippen LogP contribution is 2.15. The maximum Gasteiger partial charge on any atom is 0.129 e. The number of carbonyl (C=O) groups is 1. The summed E-state index contributed by atoms with van der Waals surface area (Å²) < 4.78 is 0. The number of carbonyl (C=O) groups excluding carboxylic acids is 1. The number of Topliss-reactive ketones (excluding diaryl/α,β-unsaturated/α-hetero) is 1. The standard InChI is InChI=1S/C6H12.C4H8O.C3H8/c1-2-4-6-5-3-1;1-3-4(2)5;1-3-2/h1-6H2;3H2,1-2H3;3H2,1-2H3. The van der Waals surface area contributed by atoms with E-state index >= 15 is 0 Å². The van der Waals surface area contributed by atoms with E-state index in [0.29, 0.717) is 6.42 Å². The predicted molar refractivity (Wildman–Crippen MR) is 64.6 cm³/mol. The van der Waals surface area contributed by atoms with E-state index in [-0.39, 0.29) is 5.78 Å². The van der Waals surface area contributed by atoms with Crippen LogP contribution in [0.4, 0.5) is 0 Å². The molecule has 0 N–H and O–H groups in total. The van der Waals surface area contributed by atoms with Crippen LogP contribution in [-0.2, 0) is 4.79 Å². The van der Waals surface area contributed by atoms with Gasteiger partial charge in [-0.05, 0) is 6.92 Å². The van der Waals surface area contributed by atoms with E-state index in [2.05, 4.69) is 13.8 Å². The molecule has 1 nitrogen and oxygen atoms in total. The summed E-state index contributed by atoms with van der Waals surface area (Å²) in [5.41, 5.74) is 0. The van der Waals surface area contributed by atoms with Crippen LogP contribution in [0.2, 0.25) is 0 Å². The molecule has 0 aromatic heterocycles. The van der Waals surface area contributed by atoms with Crippen LogP contribution in [0.1, 0.15) is 79.1 Å². The second kappa shape index (κ2) is 15.2. The molecule has 0 radical (unpaired) electrons. The van der Waals surface area contributed by atoms with Crippen LogP contribution >= 0.6 is 0 Å². The molecule has 1 heteroatoms. The second-order valence-electron chi connectivity index (χ2n) is 3.88. The fourth-order valence-corrected chi connectivity index (χ4v) is 1.06. The first-order valence-electron chi connectivity index (χ1n) is 6.18. The van der Waals surface area contributed by atoms with Crippen molar-refractivity contribution in [3.05, 3.63) is 0 Å². The molecular formula is C13H28O. The molecule has 0 unspecified atom stereocenters. The summed E-state index contributed by atoms with van der Waals surface area (Å²) >= 11 is 0. The predicted octanol–water partition coefficient (Wildman–Crippen LogP) is 4.74. The molecule has 0 saturated heterocycles. The Hall–Kier alpha value is -0.330. The zero-order chi connectivity index (χ0) is 11.2. The van der Waals surface area contributed by atoms with Crippen LogP contribution in [0.15, 0.2) is 0 Å². The van der Waals surface area contributed by atoms with E-state index in [9.17, 15) is 4.79 Å². The number of rotatable bonds is 1. The van der Waals surface area contributed by atoms with E-state index in [1.54, 1.807) is 6.92 Å². The van der Waals surface area contributed by atoms with E-state index < -0.39 is 0 Å². The first-order chi connectivity index (χ1) is 6.68. The molecule has 0 amide bonds. The van der Waals surface area contributed by atoms with Gasteiger partial charge in [0.2, 0.25) is 0 Å². The van der Waals surface area contributed by atoms with Gasteiger partial charge < -0.3 is 4.79 Å². The summed E-state index contributed by atoms with van der Waals surface area (Å²) in [5, 5.41) is 0. The van der Waals surface area contributed by atoms with Gasteiger partial charge in [0, 0.05) is 6.42 Å². The van der Waals surface area contributed by atoms with Gasteiger partial charge in [-0.2, -0.15) is 0 Å². The quantitative estimate of drug-likeness (QED) is 0.597. The molecule has 0 atom stereocenters. The fourth-order valence-electron chi connectivity index (χ4n) is 1.06. The molecule has 1 fully saturated rings. The van der Waals surface area contributed by atoms with Crippen LogP contribution in [0.5, 0.6) is 0 Å². The molecular weight excluding hydrogens is 172 g/mol. The van der Waals surface area contributed by atoms with Gasteiger partial charge in [-0.1, -0.05) is 65.7 Å². The van der Waals surface area contributed by atoms with Crippen LogP contribution in [0, 0.1) is 0 Å². The number of ketones is 1. The zero-order valence-electron chi connectivity index (χ0n) is 10.6. The van der Waals surface area contributed by atoms with Gasteiger partial charge in [-0.15, -0.1) is 0 Å². The maximum absolute atomic E-state index is 9.81. The number of hydrogen-bond acceptors (Lipinski definition) is 1. The molecule has 0 aliphatic heterocycles. The van der Waals surface area contributed by atoms with Gasteiger partial charge in [0.05, 0.1) is 0 Å². The lowest BCUT2D eigenvalue weighted by Gasteiger charge is -2.05. The van der Waals surface area contributed by atoms with Crippen molar-refractivity contribution in [2.75, 3.05) is 0 Å². The topological polar surface area (TPSA) is 17.1 Å². The lowest BCUT2D eigenvalue weighted by Crippen LogP contribution is -1.85. The van der Waals surface area contributed by atoms with Crippen molar-refractivity contribution in [1.29, 1.82) is 0 Å². The first kappa shape index (κ1) is 16.1. The highest BCUT2D eigenvalue weighted by molar-refractivity contribution is 5.74. The molecule has 1 saturated carbocycles. The van der Waals surface area contributed by atoms with Gasteiger partial charge in [0.25, 0.3) is 0 Å². The molecule has 0 spiro atoms. The molecule has 1 aliphatic rings. The van der Waals surface area contributed by atoms with Crippen molar-refractivity contribution in [2.45, 2.75) is 79.1 Å². The van der Waals surface area contributed by atoms with E-state index in [0.717, 1.165) is 0 Å². The Bertz CT molecular complexity index is 92.3. The SMILES string of the molecule is C1CCCCC1.CCC.CCC(C)=O. The van der Waals surface area contributed by atoms with Crippen molar-refractivity contribution in [3.63, 3.8) is 0 Å². The van der Waals surface area contributed by atoms with E-state index in [1.807, 2.05) is 6.92 Å². The van der Waals surface area contributed by atoms with Crippen molar-refractivity contribution in [2.24, 2.45) is 0 Å². The minimum absolute atomic E-state index is 0.255. The monoisotopic (exact) mass is 200 g/mol. The van der Waals surface area contributed by atoms with Gasteiger partial charge in [0.1, 0.15) is 5.78 Å². The Morgan fingerprint density at radius 3 is 1.07 bits per heavy atom. The first-order valence-corrected chi connectivity index (χ1v) is 6.18. The lowest BCUT2D eigenvalue weighted by atomic mass is 10.0. The minimum atomic E-state index is 0.255. The Morgan fingerprint density at radius 1 is 0.857 bits per heavy atom. The van der Waals surface area contributed by atoms with Crippen LogP contribution in [-0.4, -0.2) is 5.78 Å². The maximum atomic E-state index is 9.81. The highest BCUT2D eigenvalue weighted by atomic mass is 16.1. The third-order valence-corrected chi connectivity index (χ3v) is 2.00. The molecule has 0 heterocycles. The number of hydrogen-bond donors (Lipinski definition) is 0. The third-order valence-electron chi connectivity index (χ3n) is 2.00. The molecule has 14 heavy (non-hydrogen) atoms. The normalized spacial score (nSPS) is 14.3. The minimum Gasteiger partial charge on any atom is -0.300 e.